The number of ether oxygens (including phenoxy) is 1. The van der Waals surface area contributed by atoms with Crippen molar-refractivity contribution in [3.05, 3.63) is 35.4 Å². The normalized spacial score (nSPS) is 14.2. The number of amides is 1. The van der Waals surface area contributed by atoms with Gasteiger partial charge in [0.1, 0.15) is 6.04 Å². The van der Waals surface area contributed by atoms with Gasteiger partial charge < -0.3 is 10.1 Å². The minimum absolute atomic E-state index is 0.427. The van der Waals surface area contributed by atoms with Crippen molar-refractivity contribution < 1.29 is 27.5 Å². The van der Waals surface area contributed by atoms with E-state index < -0.39 is 35.6 Å². The highest BCUT2D eigenvalue weighted by molar-refractivity contribution is 5.84. The molecule has 0 heterocycles. The minimum Gasteiger partial charge on any atom is -0.467 e. The maximum absolute atomic E-state index is 12.5. The fourth-order valence-corrected chi connectivity index (χ4v) is 1.90. The van der Waals surface area contributed by atoms with Crippen LogP contribution < -0.4 is 5.32 Å². The third-order valence-corrected chi connectivity index (χ3v) is 3.08. The van der Waals surface area contributed by atoms with Crippen LogP contribution in [0.2, 0.25) is 0 Å². The summed E-state index contributed by atoms with van der Waals surface area (Å²) in [7, 11) is 1.18. The van der Waals surface area contributed by atoms with E-state index >= 15 is 0 Å². The Labute approximate surface area is 120 Å². The van der Waals surface area contributed by atoms with Gasteiger partial charge in [0.05, 0.1) is 12.7 Å². The van der Waals surface area contributed by atoms with Gasteiger partial charge in [0.15, 0.2) is 0 Å². The molecule has 1 amide bonds. The summed E-state index contributed by atoms with van der Waals surface area (Å²) in [4.78, 5) is 22.8. The van der Waals surface area contributed by atoms with E-state index in [1.165, 1.54) is 26.2 Å². The van der Waals surface area contributed by atoms with Crippen LogP contribution in [0.5, 0.6) is 0 Å². The molecule has 1 rings (SSSR count). The molecule has 1 N–H and O–H groups in total. The number of hydrogen-bond acceptors (Lipinski definition) is 3. The lowest BCUT2D eigenvalue weighted by molar-refractivity contribution is -0.145. The predicted molar refractivity (Wildman–Crippen MR) is 69.5 cm³/mol. The van der Waals surface area contributed by atoms with Crippen molar-refractivity contribution in [1.29, 1.82) is 0 Å². The Kier molecular flexibility index (Phi) is 5.34. The van der Waals surface area contributed by atoms with Gasteiger partial charge in [-0.2, -0.15) is 13.2 Å². The number of carbonyl (C=O) groups excluding carboxylic acids is 2. The van der Waals surface area contributed by atoms with Crippen LogP contribution in [0.15, 0.2) is 24.3 Å². The summed E-state index contributed by atoms with van der Waals surface area (Å²) in [5, 5.41) is 2.44. The molecule has 0 saturated carbocycles. The van der Waals surface area contributed by atoms with E-state index in [-0.39, 0.29) is 0 Å². The van der Waals surface area contributed by atoms with Crippen molar-refractivity contribution in [3.8, 4) is 0 Å². The zero-order valence-corrected chi connectivity index (χ0v) is 11.8. The van der Waals surface area contributed by atoms with E-state index in [0.717, 1.165) is 12.1 Å². The lowest BCUT2D eigenvalue weighted by Crippen LogP contribution is -2.43. The molecule has 0 aliphatic heterocycles. The van der Waals surface area contributed by atoms with Crippen LogP contribution in [0.4, 0.5) is 13.2 Å². The summed E-state index contributed by atoms with van der Waals surface area (Å²) in [6, 6.07) is 3.49. The van der Waals surface area contributed by atoms with Crippen LogP contribution in [-0.4, -0.2) is 25.0 Å². The van der Waals surface area contributed by atoms with E-state index in [9.17, 15) is 22.8 Å². The predicted octanol–water partition coefficient (Wildman–Crippen LogP) is 2.49. The van der Waals surface area contributed by atoms with Crippen molar-refractivity contribution in [2.24, 2.45) is 0 Å². The second kappa shape index (κ2) is 6.60. The first-order chi connectivity index (χ1) is 9.66. The highest BCUT2D eigenvalue weighted by atomic mass is 19.4. The molecule has 0 fully saturated rings. The average molecular weight is 303 g/mol. The number of benzene rings is 1. The van der Waals surface area contributed by atoms with Crippen LogP contribution in [-0.2, 0) is 20.5 Å². The van der Waals surface area contributed by atoms with Crippen molar-refractivity contribution in [2.45, 2.75) is 32.0 Å². The van der Waals surface area contributed by atoms with Crippen LogP contribution in [0.3, 0.4) is 0 Å². The Morgan fingerprint density at radius 2 is 1.71 bits per heavy atom. The van der Waals surface area contributed by atoms with Gasteiger partial charge in [-0.05, 0) is 17.7 Å². The van der Waals surface area contributed by atoms with E-state index in [1.54, 1.807) is 6.92 Å². The molecule has 0 radical (unpaired) electrons. The highest BCUT2D eigenvalue weighted by Gasteiger charge is 2.32. The average Bonchev–Trinajstić information content (AvgIpc) is 2.42. The van der Waals surface area contributed by atoms with Gasteiger partial charge in [-0.1, -0.05) is 19.1 Å². The first kappa shape index (κ1) is 17.0. The summed E-state index contributed by atoms with van der Waals surface area (Å²) in [6.07, 6.45) is -4.42. The van der Waals surface area contributed by atoms with Crippen molar-refractivity contribution in [2.75, 3.05) is 7.11 Å². The van der Waals surface area contributed by atoms with Crippen LogP contribution in [0, 0.1) is 0 Å². The molecule has 0 spiro atoms. The molecule has 116 valence electrons. The van der Waals surface area contributed by atoms with Crippen LogP contribution in [0.1, 0.15) is 30.9 Å². The molecule has 2 atom stereocenters. The van der Waals surface area contributed by atoms with E-state index in [0.29, 0.717) is 5.56 Å². The Balaban J connectivity index is 3.00. The second-order valence-corrected chi connectivity index (χ2v) is 4.61. The maximum atomic E-state index is 12.5. The monoisotopic (exact) mass is 303 g/mol. The van der Waals surface area contributed by atoms with E-state index in [1.807, 2.05) is 0 Å². The van der Waals surface area contributed by atoms with Gasteiger partial charge in [-0.3, -0.25) is 4.79 Å². The number of carbonyl (C=O) groups is 2. The molecule has 7 heteroatoms. The first-order valence-electron chi connectivity index (χ1n) is 6.19. The molecule has 1 aromatic rings. The van der Waals surface area contributed by atoms with Gasteiger partial charge in [0.2, 0.25) is 5.91 Å². The second-order valence-electron chi connectivity index (χ2n) is 4.61. The molecular weight excluding hydrogens is 287 g/mol. The summed E-state index contributed by atoms with van der Waals surface area (Å²) in [5.41, 5.74) is -0.278. The van der Waals surface area contributed by atoms with Crippen LogP contribution in [0.25, 0.3) is 0 Å². The zero-order valence-electron chi connectivity index (χ0n) is 11.8. The summed E-state index contributed by atoms with van der Waals surface area (Å²) in [6.45, 7) is 2.87. The Bertz CT molecular complexity index is 511. The summed E-state index contributed by atoms with van der Waals surface area (Å²) >= 11 is 0. The molecule has 0 saturated heterocycles. The molecule has 0 aliphatic carbocycles. The van der Waals surface area contributed by atoms with Crippen LogP contribution >= 0.6 is 0 Å². The number of rotatable bonds is 4. The molecule has 21 heavy (non-hydrogen) atoms. The summed E-state index contributed by atoms with van der Waals surface area (Å²) in [5.74, 6) is -1.61. The quantitative estimate of drug-likeness (QED) is 0.869. The fourth-order valence-electron chi connectivity index (χ4n) is 1.90. The molecule has 0 unspecified atom stereocenters. The third kappa shape index (κ3) is 4.47. The van der Waals surface area contributed by atoms with Gasteiger partial charge in [0, 0.05) is 12.8 Å². The van der Waals surface area contributed by atoms with Crippen molar-refractivity contribution in [1.82, 2.24) is 5.32 Å². The zero-order chi connectivity index (χ0) is 16.2. The largest absolute Gasteiger partial charge is 0.467 e. The lowest BCUT2D eigenvalue weighted by Gasteiger charge is -2.23. The van der Waals surface area contributed by atoms with E-state index in [2.05, 4.69) is 10.1 Å². The lowest BCUT2D eigenvalue weighted by atomic mass is 9.92. The fraction of sp³-hybridized carbons (Fsp3) is 0.429. The highest BCUT2D eigenvalue weighted by Crippen LogP contribution is 2.30. The molecule has 0 aliphatic rings. The molecule has 0 aromatic heterocycles. The minimum atomic E-state index is -4.42. The van der Waals surface area contributed by atoms with Crippen molar-refractivity contribution in [3.63, 3.8) is 0 Å². The molecule has 1 aromatic carbocycles. The topological polar surface area (TPSA) is 55.4 Å². The number of halogens is 3. The number of esters is 1. The van der Waals surface area contributed by atoms with E-state index in [4.69, 9.17) is 0 Å². The number of methoxy groups -OCH3 is 1. The smallest absolute Gasteiger partial charge is 0.416 e. The first-order valence-corrected chi connectivity index (χ1v) is 6.19. The third-order valence-electron chi connectivity index (χ3n) is 3.08. The number of nitrogens with one attached hydrogen (secondary N) is 1. The molecule has 0 bridgehead atoms. The van der Waals surface area contributed by atoms with Gasteiger partial charge in [-0.15, -0.1) is 0 Å². The van der Waals surface area contributed by atoms with Gasteiger partial charge in [0.25, 0.3) is 0 Å². The molecular formula is C14H16F3NO3. The summed E-state index contributed by atoms with van der Waals surface area (Å²) < 4.78 is 42.1. The standard InChI is InChI=1S/C14H16F3NO3/c1-8(12(13(20)21-3)18-9(2)19)10-4-6-11(7-5-10)14(15,16)17/h4-8,12H,1-3H3,(H,18,19)/t8-,12+/m1/s1. The Morgan fingerprint density at radius 1 is 1.19 bits per heavy atom. The Morgan fingerprint density at radius 3 is 2.10 bits per heavy atom. The number of hydrogen-bond donors (Lipinski definition) is 1. The van der Waals surface area contributed by atoms with Gasteiger partial charge in [-0.25, -0.2) is 4.79 Å². The Hall–Kier alpha value is -2.05. The number of alkyl halides is 3. The maximum Gasteiger partial charge on any atom is 0.416 e. The van der Waals surface area contributed by atoms with Crippen molar-refractivity contribution >= 4 is 11.9 Å². The molecule has 4 nitrogen and oxygen atoms in total. The van der Waals surface area contributed by atoms with Gasteiger partial charge >= 0.3 is 12.1 Å². The SMILES string of the molecule is COC(=O)[C@@H](NC(C)=O)[C@H](C)c1ccc(C(F)(F)F)cc1.